The van der Waals surface area contributed by atoms with Crippen molar-refractivity contribution in [1.82, 2.24) is 4.90 Å². The number of carbonyl (C=O) groups excluding carboxylic acids is 1. The first-order valence-electron chi connectivity index (χ1n) is 8.35. The van der Waals surface area contributed by atoms with E-state index < -0.39 is 5.60 Å². The van der Waals surface area contributed by atoms with Crippen LogP contribution in [0.3, 0.4) is 0 Å². The number of hydrogen-bond acceptors (Lipinski definition) is 3. The van der Waals surface area contributed by atoms with Crippen molar-refractivity contribution in [2.24, 2.45) is 5.92 Å². The van der Waals surface area contributed by atoms with Gasteiger partial charge < -0.3 is 15.0 Å². The number of amides is 1. The number of fused-ring (bicyclic) bond motifs is 1. The van der Waals surface area contributed by atoms with Gasteiger partial charge in [-0.1, -0.05) is 0 Å². The van der Waals surface area contributed by atoms with Gasteiger partial charge in [-0.3, -0.25) is 0 Å². The molecule has 0 radical (unpaired) electrons. The maximum Gasteiger partial charge on any atom is 0.410 e. The molecule has 2 aliphatic rings. The summed E-state index contributed by atoms with van der Waals surface area (Å²) in [6.07, 6.45) is 1.78. The van der Waals surface area contributed by atoms with Crippen LogP contribution in [0.4, 0.5) is 14.9 Å². The Balaban J connectivity index is 1.71. The molecular formula is C18H25FN2O2. The average Bonchev–Trinajstić information content (AvgIpc) is 2.88. The van der Waals surface area contributed by atoms with Crippen molar-refractivity contribution in [3.63, 3.8) is 0 Å². The molecule has 0 aliphatic carbocycles. The Morgan fingerprint density at radius 2 is 2.17 bits per heavy atom. The van der Waals surface area contributed by atoms with Crippen LogP contribution in [0, 0.1) is 11.7 Å². The van der Waals surface area contributed by atoms with Crippen LogP contribution in [0.15, 0.2) is 18.2 Å². The van der Waals surface area contributed by atoms with Crippen LogP contribution in [0.2, 0.25) is 0 Å². The normalized spacial score (nSPS) is 24.1. The number of likely N-dealkylation sites (tertiary alicyclic amines) is 1. The molecular weight excluding hydrogens is 295 g/mol. The summed E-state index contributed by atoms with van der Waals surface area (Å²) in [5.41, 5.74) is 1.58. The van der Waals surface area contributed by atoms with Crippen molar-refractivity contribution >= 4 is 11.8 Å². The standard InChI is InChI=1S/C18H25FN2O2/c1-18(2,3)23-17(22)21-8-4-5-12(11-21)15-10-20-16-7-6-13(19)9-14(15)16/h6-7,9,12,15,20H,4-5,8,10-11H2,1-3H3. The summed E-state index contributed by atoms with van der Waals surface area (Å²) < 4.78 is 19.1. The molecule has 1 N–H and O–H groups in total. The first-order valence-corrected chi connectivity index (χ1v) is 8.35. The zero-order valence-electron chi connectivity index (χ0n) is 14.1. The quantitative estimate of drug-likeness (QED) is 0.851. The van der Waals surface area contributed by atoms with Crippen molar-refractivity contribution in [2.45, 2.75) is 45.1 Å². The summed E-state index contributed by atoms with van der Waals surface area (Å²) >= 11 is 0. The molecule has 0 saturated carbocycles. The Morgan fingerprint density at radius 3 is 2.91 bits per heavy atom. The summed E-state index contributed by atoms with van der Waals surface area (Å²) in [4.78, 5) is 14.1. The van der Waals surface area contributed by atoms with E-state index in [4.69, 9.17) is 4.74 Å². The largest absolute Gasteiger partial charge is 0.444 e. The van der Waals surface area contributed by atoms with E-state index in [0.717, 1.165) is 37.2 Å². The van der Waals surface area contributed by atoms with Gasteiger partial charge in [-0.05, 0) is 63.3 Å². The van der Waals surface area contributed by atoms with Gasteiger partial charge in [0, 0.05) is 31.2 Å². The maximum absolute atomic E-state index is 13.6. The molecule has 2 aliphatic heterocycles. The van der Waals surface area contributed by atoms with Crippen LogP contribution < -0.4 is 5.32 Å². The highest BCUT2D eigenvalue weighted by Gasteiger charge is 2.35. The number of hydrogen-bond donors (Lipinski definition) is 1. The monoisotopic (exact) mass is 320 g/mol. The summed E-state index contributed by atoms with van der Waals surface area (Å²) in [7, 11) is 0. The molecule has 2 unspecified atom stereocenters. The van der Waals surface area contributed by atoms with Crippen molar-refractivity contribution in [3.05, 3.63) is 29.6 Å². The van der Waals surface area contributed by atoms with Gasteiger partial charge in [0.2, 0.25) is 0 Å². The number of carbonyl (C=O) groups is 1. The van der Waals surface area contributed by atoms with Gasteiger partial charge >= 0.3 is 6.09 Å². The highest BCUT2D eigenvalue weighted by Crippen LogP contribution is 2.40. The van der Waals surface area contributed by atoms with Crippen molar-refractivity contribution in [3.8, 4) is 0 Å². The lowest BCUT2D eigenvalue weighted by molar-refractivity contribution is 0.0154. The van der Waals surface area contributed by atoms with Gasteiger partial charge in [0.25, 0.3) is 0 Å². The Labute approximate surface area is 137 Å². The number of nitrogens with one attached hydrogen (secondary N) is 1. The molecule has 0 aromatic heterocycles. The van der Waals surface area contributed by atoms with Crippen molar-refractivity contribution < 1.29 is 13.9 Å². The van der Waals surface area contributed by atoms with Crippen LogP contribution in [0.1, 0.15) is 45.1 Å². The summed E-state index contributed by atoms with van der Waals surface area (Å²) in [6, 6.07) is 4.92. The van der Waals surface area contributed by atoms with E-state index >= 15 is 0 Å². The topological polar surface area (TPSA) is 41.6 Å². The molecule has 1 saturated heterocycles. The lowest BCUT2D eigenvalue weighted by Crippen LogP contribution is -2.44. The molecule has 5 heteroatoms. The summed E-state index contributed by atoms with van der Waals surface area (Å²) in [6.45, 7) is 7.87. The van der Waals surface area contributed by atoms with Gasteiger partial charge in [0.1, 0.15) is 11.4 Å². The number of piperidine rings is 1. The molecule has 3 rings (SSSR count). The molecule has 23 heavy (non-hydrogen) atoms. The van der Waals surface area contributed by atoms with E-state index in [1.807, 2.05) is 20.8 Å². The highest BCUT2D eigenvalue weighted by atomic mass is 19.1. The fourth-order valence-corrected chi connectivity index (χ4v) is 3.58. The molecule has 0 bridgehead atoms. The van der Waals surface area contributed by atoms with Gasteiger partial charge in [0.05, 0.1) is 0 Å². The third kappa shape index (κ3) is 3.59. The molecule has 126 valence electrons. The molecule has 4 nitrogen and oxygen atoms in total. The smallest absolute Gasteiger partial charge is 0.410 e. The molecule has 1 amide bonds. The third-order valence-corrected chi connectivity index (χ3v) is 4.60. The molecule has 1 aromatic carbocycles. The fraction of sp³-hybridized carbons (Fsp3) is 0.611. The lowest BCUT2D eigenvalue weighted by atomic mass is 9.82. The van der Waals surface area contributed by atoms with E-state index in [0.29, 0.717) is 12.5 Å². The summed E-state index contributed by atoms with van der Waals surface area (Å²) in [5.74, 6) is 0.398. The summed E-state index contributed by atoms with van der Waals surface area (Å²) in [5, 5.41) is 3.36. The number of benzene rings is 1. The van der Waals surface area contributed by atoms with Crippen LogP contribution >= 0.6 is 0 Å². The fourth-order valence-electron chi connectivity index (χ4n) is 3.58. The first kappa shape index (κ1) is 16.1. The Kier molecular flexibility index (Phi) is 4.21. The highest BCUT2D eigenvalue weighted by molar-refractivity contribution is 5.68. The molecule has 2 heterocycles. The van der Waals surface area contributed by atoms with E-state index in [9.17, 15) is 9.18 Å². The predicted octanol–water partition coefficient (Wildman–Crippen LogP) is 3.98. The number of anilines is 1. The van der Waals surface area contributed by atoms with Crippen LogP contribution in [0.25, 0.3) is 0 Å². The van der Waals surface area contributed by atoms with E-state index in [1.165, 1.54) is 6.07 Å². The molecule has 1 aromatic rings. The average molecular weight is 320 g/mol. The molecule has 1 fully saturated rings. The minimum atomic E-state index is -0.478. The number of halogens is 1. The predicted molar refractivity (Wildman–Crippen MR) is 88.2 cm³/mol. The zero-order chi connectivity index (χ0) is 16.6. The van der Waals surface area contributed by atoms with E-state index in [1.54, 1.807) is 17.0 Å². The van der Waals surface area contributed by atoms with Gasteiger partial charge in [-0.25, -0.2) is 9.18 Å². The van der Waals surface area contributed by atoms with Crippen molar-refractivity contribution in [2.75, 3.05) is 25.0 Å². The number of rotatable bonds is 1. The Hall–Kier alpha value is -1.78. The van der Waals surface area contributed by atoms with Crippen molar-refractivity contribution in [1.29, 1.82) is 0 Å². The van der Waals surface area contributed by atoms with Crippen LogP contribution in [0.5, 0.6) is 0 Å². The zero-order valence-corrected chi connectivity index (χ0v) is 14.1. The Bertz CT molecular complexity index is 597. The Morgan fingerprint density at radius 1 is 1.39 bits per heavy atom. The third-order valence-electron chi connectivity index (χ3n) is 4.60. The maximum atomic E-state index is 13.6. The van der Waals surface area contributed by atoms with Crippen LogP contribution in [-0.4, -0.2) is 36.2 Å². The lowest BCUT2D eigenvalue weighted by Gasteiger charge is -2.36. The molecule has 2 atom stereocenters. The minimum Gasteiger partial charge on any atom is -0.444 e. The number of ether oxygens (including phenoxy) is 1. The van der Waals surface area contributed by atoms with E-state index in [2.05, 4.69) is 5.32 Å². The second-order valence-electron chi connectivity index (χ2n) is 7.55. The second kappa shape index (κ2) is 6.02. The van der Waals surface area contributed by atoms with Crippen LogP contribution in [-0.2, 0) is 4.74 Å². The second-order valence-corrected chi connectivity index (χ2v) is 7.55. The minimum absolute atomic E-state index is 0.197. The molecule has 0 spiro atoms. The number of nitrogens with zero attached hydrogens (tertiary/aromatic N) is 1. The van der Waals surface area contributed by atoms with Gasteiger partial charge in [-0.2, -0.15) is 0 Å². The van der Waals surface area contributed by atoms with Gasteiger partial charge in [0.15, 0.2) is 0 Å². The van der Waals surface area contributed by atoms with E-state index in [-0.39, 0.29) is 17.8 Å². The van der Waals surface area contributed by atoms with Gasteiger partial charge in [-0.15, -0.1) is 0 Å². The first-order chi connectivity index (χ1) is 10.8. The SMILES string of the molecule is CC(C)(C)OC(=O)N1CCCC(C2CNc3ccc(F)cc32)C1.